The molecule has 2 aliphatic rings. The van der Waals surface area contributed by atoms with Gasteiger partial charge in [-0.25, -0.2) is 13.1 Å². The molecule has 4 rings (SSSR count). The summed E-state index contributed by atoms with van der Waals surface area (Å²) in [6, 6.07) is 2.31. The second-order valence-electron chi connectivity index (χ2n) is 9.92. The maximum Gasteiger partial charge on any atom is 0.494 e. The highest BCUT2D eigenvalue weighted by molar-refractivity contribution is 7.89. The minimum Gasteiger partial charge on any atom is -0.399 e. The van der Waals surface area contributed by atoms with Crippen LogP contribution in [0.4, 0.5) is 13.2 Å². The third-order valence-corrected chi connectivity index (χ3v) is 8.42. The first-order valence-corrected chi connectivity index (χ1v) is 12.6. The van der Waals surface area contributed by atoms with Crippen molar-refractivity contribution < 1.29 is 30.9 Å². The summed E-state index contributed by atoms with van der Waals surface area (Å²) in [6.45, 7) is 7.09. The molecule has 1 aromatic heterocycles. The topological polar surface area (TPSA) is 95.3 Å². The number of hydrogen-bond acceptors (Lipinski definition) is 6. The van der Waals surface area contributed by atoms with Gasteiger partial charge in [0.15, 0.2) is 0 Å². The van der Waals surface area contributed by atoms with E-state index in [1.807, 2.05) is 4.57 Å². The number of aromatic nitrogens is 3. The van der Waals surface area contributed by atoms with Crippen molar-refractivity contribution in [3.05, 3.63) is 36.4 Å². The summed E-state index contributed by atoms with van der Waals surface area (Å²) in [5.41, 5.74) is -2.66. The summed E-state index contributed by atoms with van der Waals surface area (Å²) in [5.74, 6) is 0. The summed E-state index contributed by atoms with van der Waals surface area (Å²) in [6.07, 6.45) is 1.08. The monoisotopic (exact) mass is 500 g/mol. The minimum absolute atomic E-state index is 0.000129. The molecule has 0 unspecified atom stereocenters. The molecule has 1 saturated heterocycles. The fraction of sp³-hybridized carbons (Fsp3) is 0.619. The van der Waals surface area contributed by atoms with Gasteiger partial charge < -0.3 is 13.9 Å². The molecule has 0 radical (unpaired) electrons. The van der Waals surface area contributed by atoms with Crippen molar-refractivity contribution in [3.63, 3.8) is 0 Å². The Morgan fingerprint density at radius 2 is 1.68 bits per heavy atom. The lowest BCUT2D eigenvalue weighted by Crippen LogP contribution is -2.41. The quantitative estimate of drug-likeness (QED) is 0.635. The maximum atomic E-state index is 13.7. The zero-order chi connectivity index (χ0) is 24.9. The van der Waals surface area contributed by atoms with Crippen LogP contribution in [0.2, 0.25) is 0 Å². The zero-order valence-electron chi connectivity index (χ0n) is 19.5. The molecule has 2 atom stereocenters. The van der Waals surface area contributed by atoms with Crippen molar-refractivity contribution in [1.29, 1.82) is 0 Å². The summed E-state index contributed by atoms with van der Waals surface area (Å²) >= 11 is 0. The molecule has 186 valence electrons. The largest absolute Gasteiger partial charge is 0.494 e. The second-order valence-corrected chi connectivity index (χ2v) is 11.6. The van der Waals surface area contributed by atoms with E-state index in [9.17, 15) is 21.6 Å². The lowest BCUT2D eigenvalue weighted by molar-refractivity contribution is -0.137. The molecule has 2 fully saturated rings. The average molecular weight is 500 g/mol. The Morgan fingerprint density at radius 1 is 1.06 bits per heavy atom. The molecule has 1 N–H and O–H groups in total. The lowest BCUT2D eigenvalue weighted by Gasteiger charge is -2.32. The Bertz CT molecular complexity index is 1120. The van der Waals surface area contributed by atoms with Crippen LogP contribution in [-0.4, -0.2) is 47.5 Å². The highest BCUT2D eigenvalue weighted by Crippen LogP contribution is 2.38. The fourth-order valence-electron chi connectivity index (χ4n) is 4.28. The number of halogens is 3. The van der Waals surface area contributed by atoms with E-state index in [1.165, 1.54) is 6.07 Å². The number of hydrogen-bond donors (Lipinski definition) is 1. The summed E-state index contributed by atoms with van der Waals surface area (Å²) in [7, 11) is -5.38. The average Bonchev–Trinajstić information content (AvgIpc) is 3.33. The fourth-order valence-corrected chi connectivity index (χ4v) is 5.65. The Morgan fingerprint density at radius 3 is 2.26 bits per heavy atom. The van der Waals surface area contributed by atoms with Gasteiger partial charge >= 0.3 is 13.3 Å². The van der Waals surface area contributed by atoms with Gasteiger partial charge in [0, 0.05) is 12.1 Å². The first kappa shape index (κ1) is 25.1. The van der Waals surface area contributed by atoms with E-state index in [2.05, 4.69) is 14.9 Å². The van der Waals surface area contributed by atoms with Gasteiger partial charge in [0.05, 0.1) is 21.7 Å². The molecule has 0 spiro atoms. The third-order valence-electron chi connectivity index (χ3n) is 6.92. The van der Waals surface area contributed by atoms with E-state index >= 15 is 0 Å². The van der Waals surface area contributed by atoms with Crippen molar-refractivity contribution in [3.8, 4) is 0 Å². The Hall–Kier alpha value is -1.96. The Labute approximate surface area is 197 Å². The van der Waals surface area contributed by atoms with Crippen LogP contribution in [0, 0.1) is 0 Å². The van der Waals surface area contributed by atoms with Crippen molar-refractivity contribution in [1.82, 2.24) is 19.5 Å². The van der Waals surface area contributed by atoms with E-state index in [4.69, 9.17) is 9.31 Å². The highest BCUT2D eigenvalue weighted by atomic mass is 32.2. The van der Waals surface area contributed by atoms with Crippen LogP contribution in [0.3, 0.4) is 0 Å². The lowest BCUT2D eigenvalue weighted by atomic mass is 9.78. The zero-order valence-corrected chi connectivity index (χ0v) is 20.3. The predicted molar refractivity (Wildman–Crippen MR) is 119 cm³/mol. The van der Waals surface area contributed by atoms with Crippen LogP contribution in [-0.2, 0) is 25.5 Å². The molecular weight excluding hydrogens is 472 g/mol. The number of alkyl halides is 3. The third kappa shape index (κ3) is 5.02. The van der Waals surface area contributed by atoms with Gasteiger partial charge in [-0.1, -0.05) is 6.07 Å². The smallest absolute Gasteiger partial charge is 0.399 e. The van der Waals surface area contributed by atoms with Crippen molar-refractivity contribution >= 4 is 22.6 Å². The van der Waals surface area contributed by atoms with Crippen LogP contribution in [0.1, 0.15) is 65.0 Å². The van der Waals surface area contributed by atoms with Crippen molar-refractivity contribution in [2.24, 2.45) is 0 Å². The Kier molecular flexibility index (Phi) is 6.37. The molecule has 1 aromatic carbocycles. The van der Waals surface area contributed by atoms with E-state index in [1.54, 1.807) is 40.3 Å². The molecule has 34 heavy (non-hydrogen) atoms. The molecule has 1 saturated carbocycles. The van der Waals surface area contributed by atoms with E-state index in [0.29, 0.717) is 18.9 Å². The molecule has 0 amide bonds. The normalized spacial score (nSPS) is 25.0. The van der Waals surface area contributed by atoms with Crippen LogP contribution in [0.5, 0.6) is 0 Å². The van der Waals surface area contributed by atoms with Gasteiger partial charge in [-0.05, 0) is 71.0 Å². The van der Waals surface area contributed by atoms with Crippen LogP contribution >= 0.6 is 0 Å². The first-order valence-electron chi connectivity index (χ1n) is 11.1. The summed E-state index contributed by atoms with van der Waals surface area (Å²) in [5, 5.41) is 7.58. The predicted octanol–water partition coefficient (Wildman–Crippen LogP) is 3.06. The minimum atomic E-state index is -4.74. The molecule has 13 heteroatoms. The van der Waals surface area contributed by atoms with Gasteiger partial charge in [-0.3, -0.25) is 0 Å². The number of nitrogens with zero attached hydrogens (tertiary/aromatic N) is 3. The molecular formula is C21H28BF3N4O4S. The molecule has 0 bridgehead atoms. The highest BCUT2D eigenvalue weighted by Gasteiger charge is 2.52. The first-order chi connectivity index (χ1) is 15.7. The Balaban J connectivity index is 1.63. The number of benzene rings is 1. The molecule has 1 aliphatic heterocycles. The van der Waals surface area contributed by atoms with Gasteiger partial charge in [-0.15, -0.1) is 10.2 Å². The summed E-state index contributed by atoms with van der Waals surface area (Å²) in [4.78, 5) is -0.474. The van der Waals surface area contributed by atoms with Gasteiger partial charge in [0.2, 0.25) is 10.0 Å². The molecule has 2 heterocycles. The van der Waals surface area contributed by atoms with Crippen molar-refractivity contribution in [2.45, 2.75) is 87.7 Å². The number of sulfonamides is 1. The number of rotatable bonds is 5. The standard InChI is InChI=1S/C21H28BF3N4O4S/c1-19(2)20(3,4)33-22(32-19)15-8-14(21(23,24)25)9-18(10-15)34(30,31)28-16-6-5-7-17(11-16)29-12-26-27-13-29/h8-10,12-13,16-17,28H,5-7,11H2,1-4H3/t16-,17+/m0/s1. The summed E-state index contributed by atoms with van der Waals surface area (Å²) < 4.78 is 83.6. The van der Waals surface area contributed by atoms with Crippen LogP contribution in [0.15, 0.2) is 35.7 Å². The van der Waals surface area contributed by atoms with E-state index < -0.39 is 51.0 Å². The van der Waals surface area contributed by atoms with Crippen molar-refractivity contribution in [2.75, 3.05) is 0 Å². The van der Waals surface area contributed by atoms with E-state index in [0.717, 1.165) is 18.9 Å². The second kappa shape index (κ2) is 8.61. The van der Waals surface area contributed by atoms with Gasteiger partial charge in [0.25, 0.3) is 0 Å². The SMILES string of the molecule is CC1(C)OB(c2cc(C(F)(F)F)cc(S(=O)(=O)N[C@H]3CCC[C@@H](n4cnnc4)C3)c2)OC1(C)C. The van der Waals surface area contributed by atoms with Gasteiger partial charge in [-0.2, -0.15) is 13.2 Å². The maximum absolute atomic E-state index is 13.7. The van der Waals surface area contributed by atoms with Crippen LogP contribution in [0.25, 0.3) is 0 Å². The van der Waals surface area contributed by atoms with Crippen LogP contribution < -0.4 is 10.2 Å². The van der Waals surface area contributed by atoms with Gasteiger partial charge in [0.1, 0.15) is 12.7 Å². The molecule has 2 aromatic rings. The van der Waals surface area contributed by atoms with E-state index in [-0.39, 0.29) is 11.5 Å². The molecule has 1 aliphatic carbocycles. The molecule has 8 nitrogen and oxygen atoms in total. The number of nitrogens with one attached hydrogen (secondary N) is 1.